The standard InChI is InChI=1S/C19H25BrN4O6/c1-3-21-18(26)19(27)23-22-11-13-9-14(20)17(15(10-13)29-4-2)30-12-16(25)24-5-7-28-8-6-24/h9-11H,3-8,12H2,1-2H3,(H,21,26)(H,23,27)/b22-11-. The summed E-state index contributed by atoms with van der Waals surface area (Å²) in [5.41, 5.74) is 2.74. The molecule has 1 aromatic rings. The molecule has 2 N–H and O–H groups in total. The Bertz CT molecular complexity index is 795. The van der Waals surface area contributed by atoms with Crippen LogP contribution in [0.2, 0.25) is 0 Å². The van der Waals surface area contributed by atoms with E-state index < -0.39 is 11.8 Å². The fourth-order valence-electron chi connectivity index (χ4n) is 2.56. The Hall–Kier alpha value is -2.66. The van der Waals surface area contributed by atoms with Crippen LogP contribution in [0.5, 0.6) is 11.5 Å². The highest BCUT2D eigenvalue weighted by Crippen LogP contribution is 2.36. The summed E-state index contributed by atoms with van der Waals surface area (Å²) in [6, 6.07) is 3.35. The molecule has 30 heavy (non-hydrogen) atoms. The van der Waals surface area contributed by atoms with Gasteiger partial charge in [0.1, 0.15) is 0 Å². The molecule has 1 fully saturated rings. The number of hydrogen-bond donors (Lipinski definition) is 2. The lowest BCUT2D eigenvalue weighted by Crippen LogP contribution is -2.43. The van der Waals surface area contributed by atoms with E-state index in [0.717, 1.165) is 0 Å². The van der Waals surface area contributed by atoms with Crippen LogP contribution in [0.25, 0.3) is 0 Å². The number of nitrogens with one attached hydrogen (secondary N) is 2. The van der Waals surface area contributed by atoms with Gasteiger partial charge in [-0.2, -0.15) is 5.10 Å². The second kappa shape index (κ2) is 12.1. The van der Waals surface area contributed by atoms with Crippen LogP contribution < -0.4 is 20.2 Å². The second-order valence-electron chi connectivity index (χ2n) is 6.10. The maximum atomic E-state index is 12.3. The van der Waals surface area contributed by atoms with Gasteiger partial charge in [0.05, 0.1) is 30.5 Å². The summed E-state index contributed by atoms with van der Waals surface area (Å²) in [5, 5.41) is 6.15. The van der Waals surface area contributed by atoms with E-state index in [4.69, 9.17) is 14.2 Å². The second-order valence-corrected chi connectivity index (χ2v) is 6.96. The summed E-state index contributed by atoms with van der Waals surface area (Å²) in [6.45, 7) is 6.25. The molecule has 0 aromatic heterocycles. The van der Waals surface area contributed by atoms with Crippen LogP contribution >= 0.6 is 15.9 Å². The fraction of sp³-hybridized carbons (Fsp3) is 0.474. The molecule has 164 valence electrons. The molecule has 10 nitrogen and oxygen atoms in total. The van der Waals surface area contributed by atoms with Gasteiger partial charge in [-0.05, 0) is 47.5 Å². The summed E-state index contributed by atoms with van der Waals surface area (Å²) >= 11 is 3.42. The van der Waals surface area contributed by atoms with Gasteiger partial charge >= 0.3 is 11.8 Å². The van der Waals surface area contributed by atoms with Crippen LogP contribution in [0, 0.1) is 0 Å². The van der Waals surface area contributed by atoms with Gasteiger partial charge in [-0.3, -0.25) is 14.4 Å². The first kappa shape index (κ1) is 23.6. The first-order valence-corrected chi connectivity index (χ1v) is 10.3. The summed E-state index contributed by atoms with van der Waals surface area (Å²) in [5.74, 6) is -0.954. The Morgan fingerprint density at radius 2 is 1.93 bits per heavy atom. The number of rotatable bonds is 8. The lowest BCUT2D eigenvalue weighted by molar-refractivity contribution is -0.139. The number of hydrogen-bond acceptors (Lipinski definition) is 7. The number of ether oxygens (including phenoxy) is 3. The van der Waals surface area contributed by atoms with Crippen LogP contribution in [-0.2, 0) is 19.1 Å². The summed E-state index contributed by atoms with van der Waals surface area (Å²) in [7, 11) is 0. The zero-order chi connectivity index (χ0) is 21.9. The predicted octanol–water partition coefficient (Wildman–Crippen LogP) is 0.672. The number of nitrogens with zero attached hydrogens (tertiary/aromatic N) is 2. The maximum Gasteiger partial charge on any atom is 0.329 e. The van der Waals surface area contributed by atoms with E-state index >= 15 is 0 Å². The molecular weight excluding hydrogens is 460 g/mol. The molecule has 0 unspecified atom stereocenters. The largest absolute Gasteiger partial charge is 0.490 e. The van der Waals surface area contributed by atoms with Gasteiger partial charge in [0.2, 0.25) is 0 Å². The van der Waals surface area contributed by atoms with E-state index in [2.05, 4.69) is 31.8 Å². The number of carbonyl (C=O) groups is 3. The van der Waals surface area contributed by atoms with Gasteiger partial charge in [-0.15, -0.1) is 0 Å². The van der Waals surface area contributed by atoms with Crippen LogP contribution in [-0.4, -0.2) is 74.9 Å². The minimum atomic E-state index is -0.862. The Labute approximate surface area is 183 Å². The highest BCUT2D eigenvalue weighted by atomic mass is 79.9. The molecule has 0 spiro atoms. The van der Waals surface area contributed by atoms with Crippen molar-refractivity contribution in [2.45, 2.75) is 13.8 Å². The summed E-state index contributed by atoms with van der Waals surface area (Å²) < 4.78 is 17.1. The maximum absolute atomic E-state index is 12.3. The summed E-state index contributed by atoms with van der Waals surface area (Å²) in [6.07, 6.45) is 1.37. The molecule has 11 heteroatoms. The lowest BCUT2D eigenvalue weighted by Gasteiger charge is -2.27. The van der Waals surface area contributed by atoms with Crippen molar-refractivity contribution in [1.29, 1.82) is 0 Å². The Morgan fingerprint density at radius 1 is 1.20 bits per heavy atom. The topological polar surface area (TPSA) is 119 Å². The van der Waals surface area contributed by atoms with Gasteiger partial charge in [0.25, 0.3) is 5.91 Å². The van der Waals surface area contributed by atoms with Crippen LogP contribution in [0.3, 0.4) is 0 Å². The van der Waals surface area contributed by atoms with Crippen molar-refractivity contribution in [3.05, 3.63) is 22.2 Å². The highest BCUT2D eigenvalue weighted by Gasteiger charge is 2.19. The molecule has 2 rings (SSSR count). The molecule has 0 saturated carbocycles. The van der Waals surface area contributed by atoms with Crippen molar-refractivity contribution >= 4 is 39.9 Å². The zero-order valence-corrected chi connectivity index (χ0v) is 18.5. The van der Waals surface area contributed by atoms with Gasteiger partial charge in [0, 0.05) is 19.6 Å². The first-order valence-electron chi connectivity index (χ1n) is 9.52. The number of morpholine rings is 1. The molecule has 0 radical (unpaired) electrons. The van der Waals surface area contributed by atoms with Crippen LogP contribution in [0.1, 0.15) is 19.4 Å². The van der Waals surface area contributed by atoms with E-state index in [1.165, 1.54) is 6.21 Å². The highest BCUT2D eigenvalue weighted by molar-refractivity contribution is 9.10. The smallest absolute Gasteiger partial charge is 0.329 e. The van der Waals surface area contributed by atoms with E-state index in [9.17, 15) is 14.4 Å². The van der Waals surface area contributed by atoms with Gasteiger partial charge in [-0.25, -0.2) is 5.43 Å². The van der Waals surface area contributed by atoms with Crippen molar-refractivity contribution < 1.29 is 28.6 Å². The molecule has 0 aliphatic carbocycles. The summed E-state index contributed by atoms with van der Waals surface area (Å²) in [4.78, 5) is 37.0. The molecule has 1 aromatic carbocycles. The van der Waals surface area contributed by atoms with Crippen LogP contribution in [0.4, 0.5) is 0 Å². The number of likely N-dealkylation sites (N-methyl/N-ethyl adjacent to an activating group) is 1. The minimum absolute atomic E-state index is 0.130. The average Bonchev–Trinajstić information content (AvgIpc) is 2.74. The van der Waals surface area contributed by atoms with Gasteiger partial charge in [0.15, 0.2) is 18.1 Å². The van der Waals surface area contributed by atoms with E-state index in [1.54, 1.807) is 24.0 Å². The van der Waals surface area contributed by atoms with Crippen molar-refractivity contribution in [2.24, 2.45) is 5.10 Å². The third-order valence-corrected chi connectivity index (χ3v) is 4.55. The van der Waals surface area contributed by atoms with Crippen molar-refractivity contribution in [3.63, 3.8) is 0 Å². The van der Waals surface area contributed by atoms with Crippen LogP contribution in [0.15, 0.2) is 21.7 Å². The molecular formula is C19H25BrN4O6. The lowest BCUT2D eigenvalue weighted by atomic mass is 10.2. The third kappa shape index (κ3) is 6.99. The molecule has 1 aliphatic rings. The molecule has 1 heterocycles. The number of halogens is 1. The monoisotopic (exact) mass is 484 g/mol. The van der Waals surface area contributed by atoms with E-state index in [1.807, 2.05) is 6.92 Å². The predicted molar refractivity (Wildman–Crippen MR) is 113 cm³/mol. The minimum Gasteiger partial charge on any atom is -0.490 e. The molecule has 1 aliphatic heterocycles. The number of benzene rings is 1. The number of amides is 3. The van der Waals surface area contributed by atoms with Crippen molar-refractivity contribution in [2.75, 3.05) is 46.1 Å². The molecule has 0 atom stereocenters. The van der Waals surface area contributed by atoms with Gasteiger partial charge in [-0.1, -0.05) is 0 Å². The number of hydrazone groups is 1. The Morgan fingerprint density at radius 3 is 2.60 bits per heavy atom. The third-order valence-electron chi connectivity index (χ3n) is 3.96. The zero-order valence-electron chi connectivity index (χ0n) is 16.9. The normalized spacial score (nSPS) is 13.8. The Kier molecular flexibility index (Phi) is 9.55. The Balaban J connectivity index is 2.05. The average molecular weight is 485 g/mol. The van der Waals surface area contributed by atoms with Gasteiger partial charge < -0.3 is 24.4 Å². The first-order chi connectivity index (χ1) is 14.5. The fourth-order valence-corrected chi connectivity index (χ4v) is 3.13. The van der Waals surface area contributed by atoms with Crippen molar-refractivity contribution in [1.82, 2.24) is 15.6 Å². The van der Waals surface area contributed by atoms with E-state index in [0.29, 0.717) is 61.0 Å². The van der Waals surface area contributed by atoms with Crippen molar-refractivity contribution in [3.8, 4) is 11.5 Å². The quantitative estimate of drug-likeness (QED) is 0.318. The number of carbonyl (C=O) groups excluding carboxylic acids is 3. The SMILES string of the molecule is CCNC(=O)C(=O)N/N=C\c1cc(Br)c(OCC(=O)N2CCOCC2)c(OCC)c1. The molecule has 0 bridgehead atoms. The van der Waals surface area contributed by atoms with E-state index in [-0.39, 0.29) is 12.5 Å². The molecule has 1 saturated heterocycles. The molecule has 3 amide bonds.